The van der Waals surface area contributed by atoms with Gasteiger partial charge in [0.25, 0.3) is 0 Å². The van der Waals surface area contributed by atoms with E-state index in [0.717, 1.165) is 24.4 Å². The summed E-state index contributed by atoms with van der Waals surface area (Å²) in [6.07, 6.45) is 5.64. The molecule has 3 heterocycles. The van der Waals surface area contributed by atoms with E-state index >= 15 is 0 Å². The van der Waals surface area contributed by atoms with E-state index < -0.39 is 0 Å². The van der Waals surface area contributed by atoms with Crippen LogP contribution in [0.25, 0.3) is 11.0 Å². The Labute approximate surface area is 111 Å². The van der Waals surface area contributed by atoms with E-state index in [1.807, 2.05) is 24.5 Å². The van der Waals surface area contributed by atoms with Gasteiger partial charge in [-0.2, -0.15) is 0 Å². The Balaban J connectivity index is 1.68. The van der Waals surface area contributed by atoms with Crippen molar-refractivity contribution in [1.29, 1.82) is 0 Å². The number of H-pyrrole nitrogens is 1. The molecule has 4 heteroatoms. The smallest absolute Gasteiger partial charge is 0.137 e. The highest BCUT2D eigenvalue weighted by Crippen LogP contribution is 2.15. The van der Waals surface area contributed by atoms with E-state index in [9.17, 15) is 0 Å². The summed E-state index contributed by atoms with van der Waals surface area (Å²) in [6, 6.07) is 8.09. The topological polar surface area (TPSA) is 53.6 Å². The van der Waals surface area contributed by atoms with Gasteiger partial charge in [-0.15, -0.1) is 0 Å². The minimum absolute atomic E-state index is 0.777. The lowest BCUT2D eigenvalue weighted by molar-refractivity contribution is 0.679. The quantitative estimate of drug-likeness (QED) is 0.750. The van der Waals surface area contributed by atoms with Gasteiger partial charge in [-0.3, -0.25) is 4.98 Å². The maximum atomic E-state index is 4.38. The summed E-state index contributed by atoms with van der Waals surface area (Å²) in [5.41, 5.74) is 4.49. The van der Waals surface area contributed by atoms with Gasteiger partial charge in [0.2, 0.25) is 0 Å². The van der Waals surface area contributed by atoms with Crippen molar-refractivity contribution >= 4 is 11.0 Å². The third kappa shape index (κ3) is 2.48. The Morgan fingerprint density at radius 1 is 1.11 bits per heavy atom. The van der Waals surface area contributed by atoms with Crippen molar-refractivity contribution < 1.29 is 0 Å². The average Bonchev–Trinajstić information content (AvgIpc) is 2.85. The number of hydrogen-bond acceptors (Lipinski definition) is 3. The van der Waals surface area contributed by atoms with Gasteiger partial charge in [-0.05, 0) is 36.2 Å². The lowest BCUT2D eigenvalue weighted by Crippen LogP contribution is -2.14. The van der Waals surface area contributed by atoms with Gasteiger partial charge in [0, 0.05) is 37.1 Å². The van der Waals surface area contributed by atoms with Gasteiger partial charge in [0.1, 0.15) is 5.65 Å². The van der Waals surface area contributed by atoms with E-state index in [-0.39, 0.29) is 0 Å². The monoisotopic (exact) mass is 252 g/mol. The largest absolute Gasteiger partial charge is 0.346 e. The molecule has 0 saturated carbocycles. The van der Waals surface area contributed by atoms with Crippen LogP contribution in [0.2, 0.25) is 0 Å². The Hall–Kier alpha value is -2.20. The van der Waals surface area contributed by atoms with E-state index in [2.05, 4.69) is 39.3 Å². The normalized spacial score (nSPS) is 11.0. The molecular formula is C15H16N4. The minimum atomic E-state index is 0.777. The van der Waals surface area contributed by atoms with Crippen LogP contribution in [0, 0.1) is 6.92 Å². The molecule has 96 valence electrons. The van der Waals surface area contributed by atoms with E-state index in [1.165, 1.54) is 16.5 Å². The number of nitrogens with zero attached hydrogens (tertiary/aromatic N) is 2. The van der Waals surface area contributed by atoms with E-state index in [4.69, 9.17) is 0 Å². The number of fused-ring (bicyclic) bond motifs is 1. The van der Waals surface area contributed by atoms with Gasteiger partial charge in [-0.25, -0.2) is 4.98 Å². The van der Waals surface area contributed by atoms with Crippen LogP contribution < -0.4 is 5.32 Å². The SMILES string of the molecule is Cc1cccnc1CNCc1c[nH]c2ncccc12. The Kier molecular flexibility index (Phi) is 3.25. The molecule has 0 spiro atoms. The Bertz CT molecular complexity index is 687. The van der Waals surface area contributed by atoms with Crippen LogP contribution in [0.4, 0.5) is 0 Å². The summed E-state index contributed by atoms with van der Waals surface area (Å²) < 4.78 is 0. The molecule has 3 aromatic rings. The van der Waals surface area contributed by atoms with Gasteiger partial charge in [-0.1, -0.05) is 6.07 Å². The highest BCUT2D eigenvalue weighted by molar-refractivity contribution is 5.79. The van der Waals surface area contributed by atoms with Crippen LogP contribution >= 0.6 is 0 Å². The van der Waals surface area contributed by atoms with Crippen LogP contribution in [-0.4, -0.2) is 15.0 Å². The standard InChI is InChI=1S/C15H16N4/c1-11-4-2-6-17-14(11)10-16-8-12-9-19-15-13(12)5-3-7-18-15/h2-7,9,16H,8,10H2,1H3,(H,18,19). The number of pyridine rings is 2. The first-order valence-corrected chi connectivity index (χ1v) is 6.37. The molecule has 0 radical (unpaired) electrons. The molecule has 0 atom stereocenters. The van der Waals surface area contributed by atoms with Crippen molar-refractivity contribution in [1.82, 2.24) is 20.3 Å². The molecule has 0 fully saturated rings. The predicted molar refractivity (Wildman–Crippen MR) is 75.6 cm³/mol. The molecule has 0 aliphatic heterocycles. The summed E-state index contributed by atoms with van der Waals surface area (Å²) in [5.74, 6) is 0. The van der Waals surface area contributed by atoms with Crippen molar-refractivity contribution in [3.8, 4) is 0 Å². The summed E-state index contributed by atoms with van der Waals surface area (Å²) in [5, 5.41) is 4.60. The lowest BCUT2D eigenvalue weighted by atomic mass is 10.2. The third-order valence-corrected chi connectivity index (χ3v) is 3.26. The summed E-state index contributed by atoms with van der Waals surface area (Å²) in [4.78, 5) is 11.8. The first kappa shape index (κ1) is 11.9. The molecule has 0 unspecified atom stereocenters. The van der Waals surface area contributed by atoms with E-state index in [0.29, 0.717) is 0 Å². The summed E-state index contributed by atoms with van der Waals surface area (Å²) in [6.45, 7) is 3.67. The molecule has 0 saturated heterocycles. The predicted octanol–water partition coefficient (Wildman–Crippen LogP) is 2.56. The summed E-state index contributed by atoms with van der Waals surface area (Å²) >= 11 is 0. The number of rotatable bonds is 4. The summed E-state index contributed by atoms with van der Waals surface area (Å²) in [7, 11) is 0. The van der Waals surface area contributed by atoms with Gasteiger partial charge in [0.15, 0.2) is 0 Å². The lowest BCUT2D eigenvalue weighted by Gasteiger charge is -2.06. The van der Waals surface area contributed by atoms with Gasteiger partial charge >= 0.3 is 0 Å². The fraction of sp³-hybridized carbons (Fsp3) is 0.200. The maximum Gasteiger partial charge on any atom is 0.137 e. The van der Waals surface area contributed by atoms with Crippen LogP contribution in [0.1, 0.15) is 16.8 Å². The van der Waals surface area contributed by atoms with E-state index in [1.54, 1.807) is 6.20 Å². The molecule has 3 rings (SSSR count). The molecule has 0 bridgehead atoms. The first-order valence-electron chi connectivity index (χ1n) is 6.37. The van der Waals surface area contributed by atoms with Gasteiger partial charge in [0.05, 0.1) is 5.69 Å². The van der Waals surface area contributed by atoms with Crippen LogP contribution in [-0.2, 0) is 13.1 Å². The fourth-order valence-electron chi connectivity index (χ4n) is 2.18. The number of aromatic nitrogens is 3. The van der Waals surface area contributed by atoms with Crippen LogP contribution in [0.15, 0.2) is 42.9 Å². The number of nitrogens with one attached hydrogen (secondary N) is 2. The minimum Gasteiger partial charge on any atom is -0.346 e. The Morgan fingerprint density at radius 3 is 2.84 bits per heavy atom. The highest BCUT2D eigenvalue weighted by atomic mass is 14.9. The second-order valence-electron chi connectivity index (χ2n) is 4.58. The zero-order chi connectivity index (χ0) is 13.1. The molecule has 19 heavy (non-hydrogen) atoms. The second-order valence-corrected chi connectivity index (χ2v) is 4.58. The number of hydrogen-bond donors (Lipinski definition) is 2. The van der Waals surface area contributed by atoms with Crippen molar-refractivity contribution in [2.24, 2.45) is 0 Å². The zero-order valence-electron chi connectivity index (χ0n) is 10.9. The molecule has 4 nitrogen and oxygen atoms in total. The first-order chi connectivity index (χ1) is 9.34. The van der Waals surface area contributed by atoms with Crippen molar-refractivity contribution in [2.75, 3.05) is 0 Å². The molecule has 0 aliphatic rings. The average molecular weight is 252 g/mol. The molecule has 0 amide bonds. The fourth-order valence-corrected chi connectivity index (χ4v) is 2.18. The number of aryl methyl sites for hydroxylation is 1. The molecular weight excluding hydrogens is 236 g/mol. The molecule has 2 N–H and O–H groups in total. The third-order valence-electron chi connectivity index (χ3n) is 3.26. The second kappa shape index (κ2) is 5.20. The molecule has 0 aromatic carbocycles. The Morgan fingerprint density at radius 2 is 1.95 bits per heavy atom. The van der Waals surface area contributed by atoms with Crippen LogP contribution in [0.3, 0.4) is 0 Å². The van der Waals surface area contributed by atoms with Crippen molar-refractivity contribution in [3.05, 3.63) is 59.7 Å². The van der Waals surface area contributed by atoms with Gasteiger partial charge < -0.3 is 10.3 Å². The zero-order valence-corrected chi connectivity index (χ0v) is 10.9. The number of aromatic amines is 1. The maximum absolute atomic E-state index is 4.38. The van der Waals surface area contributed by atoms with Crippen LogP contribution in [0.5, 0.6) is 0 Å². The molecule has 3 aromatic heterocycles. The van der Waals surface area contributed by atoms with Crippen molar-refractivity contribution in [2.45, 2.75) is 20.0 Å². The van der Waals surface area contributed by atoms with Crippen molar-refractivity contribution in [3.63, 3.8) is 0 Å². The highest BCUT2D eigenvalue weighted by Gasteiger charge is 2.04. The molecule has 0 aliphatic carbocycles.